The minimum atomic E-state index is -0.323. The summed E-state index contributed by atoms with van der Waals surface area (Å²) in [5.41, 5.74) is 2.42. The first-order chi connectivity index (χ1) is 10.1. The predicted molar refractivity (Wildman–Crippen MR) is 80.5 cm³/mol. The fourth-order valence-electron chi connectivity index (χ4n) is 2.57. The highest BCUT2D eigenvalue weighted by Crippen LogP contribution is 2.31. The molecule has 0 fully saturated rings. The first kappa shape index (κ1) is 13.9. The molecule has 0 amide bonds. The molecule has 0 radical (unpaired) electrons. The van der Waals surface area contributed by atoms with Crippen molar-refractivity contribution in [3.05, 3.63) is 63.9 Å². The molecule has 2 aromatic rings. The first-order valence-electron chi connectivity index (χ1n) is 6.54. The smallest absolute Gasteiger partial charge is 0.129 e. The monoisotopic (exact) mass is 304 g/mol. The Morgan fingerprint density at radius 2 is 2.14 bits per heavy atom. The highest BCUT2D eigenvalue weighted by atomic mass is 35.5. The topological polar surface area (TPSA) is 36.3 Å². The minimum Gasteiger partial charge on any atom is -0.496 e. The first-order valence-corrected chi connectivity index (χ1v) is 6.91. The van der Waals surface area contributed by atoms with E-state index in [1.54, 1.807) is 19.2 Å². The number of methoxy groups -OCH3 is 1. The van der Waals surface area contributed by atoms with Crippen molar-refractivity contribution in [2.45, 2.75) is 13.1 Å². The average Bonchev–Trinajstić information content (AvgIpc) is 2.78. The van der Waals surface area contributed by atoms with Gasteiger partial charge in [-0.15, -0.1) is 0 Å². The minimum absolute atomic E-state index is 0.312. The van der Waals surface area contributed by atoms with Crippen LogP contribution in [0.1, 0.15) is 16.7 Å². The van der Waals surface area contributed by atoms with Crippen LogP contribution in [0.15, 0.2) is 36.4 Å². The summed E-state index contributed by atoms with van der Waals surface area (Å²) >= 11 is 6.23. The van der Waals surface area contributed by atoms with Gasteiger partial charge in [0.25, 0.3) is 0 Å². The van der Waals surface area contributed by atoms with Gasteiger partial charge in [-0.1, -0.05) is 23.7 Å². The van der Waals surface area contributed by atoms with Gasteiger partial charge in [0.2, 0.25) is 0 Å². The maximum absolute atomic E-state index is 13.3. The molecular formula is C16H14ClFN2O. The maximum Gasteiger partial charge on any atom is 0.129 e. The summed E-state index contributed by atoms with van der Waals surface area (Å²) < 4.78 is 18.6. The number of hydrogen-bond donors (Lipinski definition) is 1. The third-order valence-corrected chi connectivity index (χ3v) is 4.00. The number of ether oxygens (including phenoxy) is 1. The van der Waals surface area contributed by atoms with Crippen molar-refractivity contribution in [3.8, 4) is 5.75 Å². The molecule has 1 heterocycles. The molecule has 2 aromatic carbocycles. The van der Waals surface area contributed by atoms with Gasteiger partial charge in [-0.05, 0) is 29.8 Å². The molecule has 0 spiro atoms. The Balaban J connectivity index is 1.90. The van der Waals surface area contributed by atoms with E-state index in [9.17, 15) is 4.39 Å². The molecule has 0 atom stereocenters. The SMILES string of the molecule is COc1cccc(Cl)c1CN1Cc2ccc(F)cc2C1=N. The van der Waals surface area contributed by atoms with E-state index in [4.69, 9.17) is 21.7 Å². The molecule has 3 nitrogen and oxygen atoms in total. The lowest BCUT2D eigenvalue weighted by Crippen LogP contribution is -2.23. The van der Waals surface area contributed by atoms with E-state index < -0.39 is 0 Å². The number of nitrogens with one attached hydrogen (secondary N) is 1. The summed E-state index contributed by atoms with van der Waals surface area (Å²) in [6.45, 7) is 1.03. The van der Waals surface area contributed by atoms with Crippen molar-refractivity contribution in [1.29, 1.82) is 5.41 Å². The number of benzene rings is 2. The Morgan fingerprint density at radius 3 is 2.90 bits per heavy atom. The largest absolute Gasteiger partial charge is 0.496 e. The van der Waals surface area contributed by atoms with Gasteiger partial charge < -0.3 is 9.64 Å². The number of rotatable bonds is 3. The van der Waals surface area contributed by atoms with Gasteiger partial charge in [-0.3, -0.25) is 5.41 Å². The quantitative estimate of drug-likeness (QED) is 0.935. The van der Waals surface area contributed by atoms with E-state index in [2.05, 4.69) is 0 Å². The molecule has 3 rings (SSSR count). The van der Waals surface area contributed by atoms with Crippen LogP contribution in [0.25, 0.3) is 0 Å². The van der Waals surface area contributed by atoms with Gasteiger partial charge in [0.05, 0.1) is 7.11 Å². The van der Waals surface area contributed by atoms with Crippen LogP contribution >= 0.6 is 11.6 Å². The zero-order chi connectivity index (χ0) is 15.0. The molecule has 1 N–H and O–H groups in total. The molecule has 0 saturated heterocycles. The van der Waals surface area contributed by atoms with Gasteiger partial charge in [-0.25, -0.2) is 4.39 Å². The molecule has 0 aliphatic carbocycles. The fraction of sp³-hybridized carbons (Fsp3) is 0.188. The van der Waals surface area contributed by atoms with Gasteiger partial charge in [-0.2, -0.15) is 0 Å². The summed E-state index contributed by atoms with van der Waals surface area (Å²) in [6.07, 6.45) is 0. The third kappa shape index (κ3) is 2.47. The van der Waals surface area contributed by atoms with Crippen molar-refractivity contribution in [2.75, 3.05) is 7.11 Å². The van der Waals surface area contributed by atoms with Gasteiger partial charge in [0.1, 0.15) is 17.4 Å². The number of hydrogen-bond acceptors (Lipinski definition) is 2. The van der Waals surface area contributed by atoms with Crippen molar-refractivity contribution >= 4 is 17.4 Å². The average molecular weight is 305 g/mol. The Kier molecular flexibility index (Phi) is 3.55. The molecule has 1 aliphatic heterocycles. The van der Waals surface area contributed by atoms with Crippen LogP contribution in [0.4, 0.5) is 4.39 Å². The molecule has 0 saturated carbocycles. The van der Waals surface area contributed by atoms with E-state index in [1.165, 1.54) is 12.1 Å². The Bertz CT molecular complexity index is 717. The van der Waals surface area contributed by atoms with Gasteiger partial charge in [0, 0.05) is 29.2 Å². The molecule has 5 heteroatoms. The second kappa shape index (κ2) is 5.37. The van der Waals surface area contributed by atoms with Crippen molar-refractivity contribution < 1.29 is 9.13 Å². The fourth-order valence-corrected chi connectivity index (χ4v) is 2.80. The number of fused-ring (bicyclic) bond motifs is 1. The predicted octanol–water partition coefficient (Wildman–Crippen LogP) is 3.83. The van der Waals surface area contributed by atoms with Gasteiger partial charge >= 0.3 is 0 Å². The maximum atomic E-state index is 13.3. The molecule has 1 aliphatic rings. The number of nitrogens with zero attached hydrogens (tertiary/aromatic N) is 1. The van der Waals surface area contributed by atoms with Crippen LogP contribution in [0.3, 0.4) is 0 Å². The third-order valence-electron chi connectivity index (χ3n) is 3.65. The van der Waals surface area contributed by atoms with Crippen LogP contribution in [-0.2, 0) is 13.1 Å². The Morgan fingerprint density at radius 1 is 1.33 bits per heavy atom. The van der Waals surface area contributed by atoms with Crippen LogP contribution in [-0.4, -0.2) is 17.8 Å². The molecule has 108 valence electrons. The van der Waals surface area contributed by atoms with Gasteiger partial charge in [0.15, 0.2) is 0 Å². The summed E-state index contributed by atoms with van der Waals surface area (Å²) in [4.78, 5) is 1.86. The van der Waals surface area contributed by atoms with Crippen LogP contribution in [0, 0.1) is 11.2 Å². The molecule has 0 aromatic heterocycles. The second-order valence-electron chi connectivity index (χ2n) is 4.93. The lowest BCUT2D eigenvalue weighted by molar-refractivity contribution is 0.382. The lowest BCUT2D eigenvalue weighted by atomic mass is 10.1. The van der Waals surface area contributed by atoms with E-state index in [1.807, 2.05) is 17.0 Å². The van der Waals surface area contributed by atoms with E-state index in [0.29, 0.717) is 35.3 Å². The van der Waals surface area contributed by atoms with Crippen LogP contribution < -0.4 is 4.74 Å². The summed E-state index contributed by atoms with van der Waals surface area (Å²) in [6, 6.07) is 10.0. The highest BCUT2D eigenvalue weighted by Gasteiger charge is 2.26. The summed E-state index contributed by atoms with van der Waals surface area (Å²) in [5, 5.41) is 8.81. The number of amidine groups is 1. The normalized spacial score (nSPS) is 13.5. The number of halogens is 2. The van der Waals surface area contributed by atoms with E-state index in [0.717, 1.165) is 11.1 Å². The lowest BCUT2D eigenvalue weighted by Gasteiger charge is -2.20. The van der Waals surface area contributed by atoms with Crippen molar-refractivity contribution in [1.82, 2.24) is 4.90 Å². The van der Waals surface area contributed by atoms with E-state index >= 15 is 0 Å². The van der Waals surface area contributed by atoms with Crippen molar-refractivity contribution in [3.63, 3.8) is 0 Å². The Hall–Kier alpha value is -2.07. The van der Waals surface area contributed by atoms with Crippen LogP contribution in [0.2, 0.25) is 5.02 Å². The van der Waals surface area contributed by atoms with Crippen molar-refractivity contribution in [2.24, 2.45) is 0 Å². The Labute approximate surface area is 127 Å². The standard InChI is InChI=1S/C16H14ClFN2O/c1-21-15-4-2-3-14(17)13(15)9-20-8-10-5-6-11(18)7-12(10)16(20)19/h2-7,19H,8-9H2,1H3. The highest BCUT2D eigenvalue weighted by molar-refractivity contribution is 6.31. The van der Waals surface area contributed by atoms with E-state index in [-0.39, 0.29) is 5.82 Å². The van der Waals surface area contributed by atoms with Crippen LogP contribution in [0.5, 0.6) is 5.75 Å². The zero-order valence-corrected chi connectivity index (χ0v) is 12.2. The molecule has 0 unspecified atom stereocenters. The summed E-state index contributed by atoms with van der Waals surface area (Å²) in [5.74, 6) is 0.680. The summed E-state index contributed by atoms with van der Waals surface area (Å²) in [7, 11) is 1.59. The zero-order valence-electron chi connectivity index (χ0n) is 11.5. The molecule has 21 heavy (non-hydrogen) atoms. The second-order valence-corrected chi connectivity index (χ2v) is 5.33. The molecular weight excluding hydrogens is 291 g/mol. The molecule has 0 bridgehead atoms.